The molecule has 7 heteroatoms. The van der Waals surface area contributed by atoms with Crippen LogP contribution in [0.15, 0.2) is 40.0 Å². The first kappa shape index (κ1) is 9.66. The van der Waals surface area contributed by atoms with Gasteiger partial charge in [0.1, 0.15) is 5.03 Å². The van der Waals surface area contributed by atoms with Gasteiger partial charge in [-0.2, -0.15) is 4.90 Å². The molecule has 15 heavy (non-hydrogen) atoms. The topological polar surface area (TPSA) is 99.5 Å². The number of allylic oxidation sites excluding steroid dienone is 5. The Bertz CT molecular complexity index is 426. The fourth-order valence-corrected chi connectivity index (χ4v) is 1.76. The summed E-state index contributed by atoms with van der Waals surface area (Å²) in [4.78, 5) is -0.436. The molecule has 0 bridgehead atoms. The molecule has 3 N–H and O–H groups in total. The van der Waals surface area contributed by atoms with E-state index in [4.69, 9.17) is 5.73 Å². The lowest BCUT2D eigenvalue weighted by Gasteiger charge is -2.09. The Morgan fingerprint density at radius 1 is 1.27 bits per heavy atom. The van der Waals surface area contributed by atoms with Gasteiger partial charge in [0.25, 0.3) is 0 Å². The van der Waals surface area contributed by atoms with E-state index in [1.165, 1.54) is 23.9 Å². The van der Waals surface area contributed by atoms with Crippen molar-refractivity contribution in [3.63, 3.8) is 0 Å². The third-order valence-corrected chi connectivity index (χ3v) is 2.65. The molecule has 0 saturated heterocycles. The second-order valence-corrected chi connectivity index (χ2v) is 3.83. The number of amidine groups is 1. The number of hydrogen-bond acceptors (Lipinski definition) is 6. The van der Waals surface area contributed by atoms with Gasteiger partial charge in [0.2, 0.25) is 5.71 Å². The lowest BCUT2D eigenvalue weighted by Crippen LogP contribution is -2.08. The van der Waals surface area contributed by atoms with Crippen LogP contribution in [-0.2, 0) is 0 Å². The number of nitrogens with zero attached hydrogens (tertiary/aromatic N) is 2. The molecule has 0 atom stereocenters. The molecule has 1 aliphatic heterocycles. The summed E-state index contributed by atoms with van der Waals surface area (Å²) in [5.41, 5.74) is 9.10. The fourth-order valence-electron chi connectivity index (χ4n) is 1.11. The number of nitrogens with one attached hydrogen (secondary N) is 1. The van der Waals surface area contributed by atoms with Gasteiger partial charge in [-0.1, -0.05) is 0 Å². The SMILES string of the molecule is NC1=NNC(=C2C=CC(=[N+]([O-])[O-])C=C2)S1. The maximum Gasteiger partial charge on any atom is 0.222 e. The quantitative estimate of drug-likeness (QED) is 0.455. The summed E-state index contributed by atoms with van der Waals surface area (Å²) in [6, 6.07) is 0. The molecule has 0 spiro atoms. The van der Waals surface area contributed by atoms with Crippen molar-refractivity contribution in [2.75, 3.05) is 0 Å². The Kier molecular flexibility index (Phi) is 2.38. The first-order chi connectivity index (χ1) is 7.16. The van der Waals surface area contributed by atoms with E-state index in [1.807, 2.05) is 0 Å². The molecule has 0 aromatic carbocycles. The van der Waals surface area contributed by atoms with Crippen molar-refractivity contribution in [2.45, 2.75) is 0 Å². The third kappa shape index (κ3) is 1.96. The summed E-state index contributed by atoms with van der Waals surface area (Å²) in [5.74, 6) is 0. The van der Waals surface area contributed by atoms with Gasteiger partial charge < -0.3 is 16.1 Å². The first-order valence-electron chi connectivity index (χ1n) is 4.05. The van der Waals surface area contributed by atoms with Crippen LogP contribution in [0, 0.1) is 10.4 Å². The van der Waals surface area contributed by atoms with E-state index in [0.717, 1.165) is 10.6 Å². The van der Waals surface area contributed by atoms with Gasteiger partial charge in [-0.15, -0.1) is 5.10 Å². The van der Waals surface area contributed by atoms with E-state index < -0.39 is 4.90 Å². The van der Waals surface area contributed by atoms with E-state index in [0.29, 0.717) is 5.17 Å². The van der Waals surface area contributed by atoms with Gasteiger partial charge in [-0.3, -0.25) is 5.43 Å². The van der Waals surface area contributed by atoms with Crippen LogP contribution in [0.2, 0.25) is 0 Å². The van der Waals surface area contributed by atoms with Crippen LogP contribution in [0.5, 0.6) is 0 Å². The first-order valence-corrected chi connectivity index (χ1v) is 4.87. The molecule has 0 radical (unpaired) electrons. The number of hydrazone groups is 1. The highest BCUT2D eigenvalue weighted by Crippen LogP contribution is 2.24. The highest BCUT2D eigenvalue weighted by atomic mass is 32.2. The lowest BCUT2D eigenvalue weighted by molar-refractivity contribution is -0.377. The number of thioether (sulfide) groups is 1. The molecule has 0 saturated carbocycles. The molecule has 1 heterocycles. The zero-order chi connectivity index (χ0) is 10.8. The maximum absolute atomic E-state index is 10.4. The Balaban J connectivity index is 2.22. The van der Waals surface area contributed by atoms with Crippen molar-refractivity contribution >= 4 is 22.6 Å². The van der Waals surface area contributed by atoms with Gasteiger partial charge in [-0.05, 0) is 23.9 Å². The van der Waals surface area contributed by atoms with Crippen molar-refractivity contribution in [2.24, 2.45) is 10.8 Å². The summed E-state index contributed by atoms with van der Waals surface area (Å²) in [7, 11) is 0. The molecule has 2 rings (SSSR count). The monoisotopic (exact) mass is 223 g/mol. The molecule has 0 amide bonds. The van der Waals surface area contributed by atoms with Crippen molar-refractivity contribution in [3.8, 4) is 0 Å². The summed E-state index contributed by atoms with van der Waals surface area (Å²) in [6.45, 7) is 0. The minimum atomic E-state index is -0.436. The van der Waals surface area contributed by atoms with Crippen molar-refractivity contribution in [1.82, 2.24) is 5.43 Å². The van der Waals surface area contributed by atoms with Crippen LogP contribution < -0.4 is 11.2 Å². The minimum Gasteiger partial charge on any atom is -0.612 e. The van der Waals surface area contributed by atoms with Crippen LogP contribution in [-0.4, -0.2) is 15.8 Å². The predicted octanol–water partition coefficient (Wildman–Crippen LogP) is 0.339. The summed E-state index contributed by atoms with van der Waals surface area (Å²) in [5, 5.41) is 25.8. The zero-order valence-corrected chi connectivity index (χ0v) is 8.32. The number of nitrogens with two attached hydrogens (primary N) is 1. The molecule has 2 aliphatic rings. The van der Waals surface area contributed by atoms with Crippen molar-refractivity contribution < 1.29 is 4.90 Å². The van der Waals surface area contributed by atoms with E-state index in [2.05, 4.69) is 10.5 Å². The zero-order valence-electron chi connectivity index (χ0n) is 7.51. The van der Waals surface area contributed by atoms with Crippen LogP contribution in [0.25, 0.3) is 0 Å². The lowest BCUT2D eigenvalue weighted by atomic mass is 10.1. The molecule has 0 aromatic rings. The largest absolute Gasteiger partial charge is 0.612 e. The van der Waals surface area contributed by atoms with Gasteiger partial charge >= 0.3 is 0 Å². The van der Waals surface area contributed by atoms with Gasteiger partial charge in [0.15, 0.2) is 5.17 Å². The molecule has 1 aliphatic carbocycles. The maximum atomic E-state index is 10.4. The predicted molar refractivity (Wildman–Crippen MR) is 59.7 cm³/mol. The number of rotatable bonds is 0. The van der Waals surface area contributed by atoms with E-state index in [-0.39, 0.29) is 5.71 Å². The molecular weight excluding hydrogens is 216 g/mol. The smallest absolute Gasteiger partial charge is 0.222 e. The standard InChI is InChI=1S/C8H7N4O2S/c9-8-11-10-7(15-8)5-1-3-6(4-2-5)12(13)14/h1-4,10H,(H2-,9,11,13,14)/q-1. The van der Waals surface area contributed by atoms with Gasteiger partial charge in [-0.25, -0.2) is 0 Å². The van der Waals surface area contributed by atoms with Crippen molar-refractivity contribution in [1.29, 1.82) is 0 Å². The summed E-state index contributed by atoms with van der Waals surface area (Å²) in [6.07, 6.45) is 6.20. The molecule has 78 valence electrons. The molecular formula is C8H7N4O2S-. The molecule has 0 unspecified atom stereocenters. The Labute approximate surface area is 89.7 Å². The van der Waals surface area contributed by atoms with E-state index in [1.54, 1.807) is 12.2 Å². The van der Waals surface area contributed by atoms with Crippen LogP contribution >= 0.6 is 11.8 Å². The number of hydrogen-bond donors (Lipinski definition) is 2. The van der Waals surface area contributed by atoms with Gasteiger partial charge in [0, 0.05) is 17.7 Å². The Morgan fingerprint density at radius 2 is 1.93 bits per heavy atom. The molecule has 0 aromatic heterocycles. The van der Waals surface area contributed by atoms with E-state index >= 15 is 0 Å². The van der Waals surface area contributed by atoms with Gasteiger partial charge in [0.05, 0.1) is 0 Å². The summed E-state index contributed by atoms with van der Waals surface area (Å²) < 4.78 is 0. The second-order valence-electron chi connectivity index (χ2n) is 2.80. The highest BCUT2D eigenvalue weighted by Gasteiger charge is 2.14. The summed E-state index contributed by atoms with van der Waals surface area (Å²) >= 11 is 1.30. The Morgan fingerprint density at radius 3 is 2.40 bits per heavy atom. The van der Waals surface area contributed by atoms with Crippen LogP contribution in [0.3, 0.4) is 0 Å². The third-order valence-electron chi connectivity index (χ3n) is 1.81. The van der Waals surface area contributed by atoms with E-state index in [9.17, 15) is 10.4 Å². The second kappa shape index (κ2) is 3.70. The van der Waals surface area contributed by atoms with Crippen molar-refractivity contribution in [3.05, 3.63) is 45.3 Å². The van der Waals surface area contributed by atoms with Crippen LogP contribution in [0.1, 0.15) is 0 Å². The Hall–Kier alpha value is -1.89. The minimum absolute atomic E-state index is 0.0660. The fraction of sp³-hybridized carbons (Fsp3) is 0. The highest BCUT2D eigenvalue weighted by molar-refractivity contribution is 8.17. The molecule has 6 nitrogen and oxygen atoms in total. The van der Waals surface area contributed by atoms with Crippen LogP contribution in [0.4, 0.5) is 0 Å². The average molecular weight is 223 g/mol. The molecule has 0 fully saturated rings. The normalized spacial score (nSPS) is 19.2. The average Bonchev–Trinajstić information content (AvgIpc) is 2.65.